The molecule has 1 aromatic heterocycles. The van der Waals surface area contributed by atoms with Crippen molar-refractivity contribution in [3.63, 3.8) is 0 Å². The fraction of sp³-hybridized carbons (Fsp3) is 0.824. The van der Waals surface area contributed by atoms with Gasteiger partial charge in [0.15, 0.2) is 0 Å². The van der Waals surface area contributed by atoms with Crippen LogP contribution in [-0.4, -0.2) is 64.3 Å². The van der Waals surface area contributed by atoms with Crippen molar-refractivity contribution in [2.75, 3.05) is 32.8 Å². The molecule has 3 heterocycles. The van der Waals surface area contributed by atoms with E-state index in [0.717, 1.165) is 38.6 Å². The summed E-state index contributed by atoms with van der Waals surface area (Å²) in [6, 6.07) is 0.640. The van der Waals surface area contributed by atoms with E-state index >= 15 is 0 Å². The van der Waals surface area contributed by atoms with Crippen molar-refractivity contribution in [3.05, 3.63) is 18.2 Å². The minimum absolute atomic E-state index is 0.443. The summed E-state index contributed by atoms with van der Waals surface area (Å²) in [5, 5.41) is 0. The molecule has 0 bridgehead atoms. The number of likely N-dealkylation sites (tertiary alicyclic amines) is 1. The SMILES string of the molecule is Cn1ccnc1CN1CC[C@@H]2[C@@H](CC1)OCCN2CC1CC1. The van der Waals surface area contributed by atoms with Crippen LogP contribution in [0.3, 0.4) is 0 Å². The first-order valence-electron chi connectivity index (χ1n) is 8.84. The number of morpholine rings is 1. The molecule has 1 saturated carbocycles. The molecule has 22 heavy (non-hydrogen) atoms. The van der Waals surface area contributed by atoms with Crippen molar-refractivity contribution in [2.24, 2.45) is 13.0 Å². The topological polar surface area (TPSA) is 33.5 Å². The summed E-state index contributed by atoms with van der Waals surface area (Å²) < 4.78 is 8.24. The minimum Gasteiger partial charge on any atom is -0.375 e. The second-order valence-electron chi connectivity index (χ2n) is 7.22. The summed E-state index contributed by atoms with van der Waals surface area (Å²) in [4.78, 5) is 9.76. The largest absolute Gasteiger partial charge is 0.375 e. The Kier molecular flexibility index (Phi) is 4.20. The zero-order chi connectivity index (χ0) is 14.9. The molecule has 1 aliphatic carbocycles. The number of fused-ring (bicyclic) bond motifs is 1. The van der Waals surface area contributed by atoms with Gasteiger partial charge in [0, 0.05) is 51.7 Å². The van der Waals surface area contributed by atoms with Gasteiger partial charge >= 0.3 is 0 Å². The Morgan fingerprint density at radius 3 is 2.82 bits per heavy atom. The van der Waals surface area contributed by atoms with Crippen molar-refractivity contribution in [2.45, 2.75) is 44.4 Å². The molecule has 1 aromatic rings. The lowest BCUT2D eigenvalue weighted by molar-refractivity contribution is -0.0727. The van der Waals surface area contributed by atoms with Crippen molar-refractivity contribution >= 4 is 0 Å². The van der Waals surface area contributed by atoms with Crippen LogP contribution in [0.4, 0.5) is 0 Å². The zero-order valence-electron chi connectivity index (χ0n) is 13.7. The Balaban J connectivity index is 1.38. The second kappa shape index (κ2) is 6.30. The van der Waals surface area contributed by atoms with Crippen molar-refractivity contribution in [1.82, 2.24) is 19.4 Å². The Morgan fingerprint density at radius 2 is 2.05 bits per heavy atom. The monoisotopic (exact) mass is 304 g/mol. The Bertz CT molecular complexity index is 499. The summed E-state index contributed by atoms with van der Waals surface area (Å²) >= 11 is 0. The normalized spacial score (nSPS) is 31.0. The molecule has 4 rings (SSSR count). The number of aryl methyl sites for hydroxylation is 1. The smallest absolute Gasteiger partial charge is 0.122 e. The Morgan fingerprint density at radius 1 is 1.18 bits per heavy atom. The van der Waals surface area contributed by atoms with E-state index < -0.39 is 0 Å². The summed E-state index contributed by atoms with van der Waals surface area (Å²) in [5.74, 6) is 2.14. The van der Waals surface area contributed by atoms with E-state index in [-0.39, 0.29) is 0 Å². The van der Waals surface area contributed by atoms with E-state index in [4.69, 9.17) is 4.74 Å². The maximum Gasteiger partial charge on any atom is 0.122 e. The quantitative estimate of drug-likeness (QED) is 0.844. The third-order valence-electron chi connectivity index (χ3n) is 5.56. The molecular weight excluding hydrogens is 276 g/mol. The molecule has 0 N–H and O–H groups in total. The number of ether oxygens (including phenoxy) is 1. The molecule has 2 atom stereocenters. The fourth-order valence-electron chi connectivity index (χ4n) is 3.98. The highest BCUT2D eigenvalue weighted by Crippen LogP contribution is 2.33. The van der Waals surface area contributed by atoms with Crippen LogP contribution in [0.25, 0.3) is 0 Å². The molecule has 0 spiro atoms. The number of imidazole rings is 1. The molecule has 5 nitrogen and oxygen atoms in total. The minimum atomic E-state index is 0.443. The van der Waals surface area contributed by atoms with E-state index in [9.17, 15) is 0 Å². The lowest BCUT2D eigenvalue weighted by atomic mass is 10.0. The molecule has 3 aliphatic rings. The number of rotatable bonds is 4. The molecule has 2 saturated heterocycles. The standard InChI is InChI=1S/C17H28N4O/c1-19-9-6-18-17(19)13-20-7-4-15-16(5-8-20)22-11-10-21(15)12-14-2-3-14/h6,9,14-16H,2-5,7-8,10-13H2,1H3/t15-,16-/m1/s1. The average Bonchev–Trinajstić information content (AvgIpc) is 3.27. The number of aromatic nitrogens is 2. The van der Waals surface area contributed by atoms with Gasteiger partial charge in [0.05, 0.1) is 19.3 Å². The Labute approximate surface area is 133 Å². The van der Waals surface area contributed by atoms with Crippen LogP contribution in [0.2, 0.25) is 0 Å². The van der Waals surface area contributed by atoms with Gasteiger partial charge in [-0.15, -0.1) is 0 Å². The van der Waals surface area contributed by atoms with Crippen LogP contribution < -0.4 is 0 Å². The second-order valence-corrected chi connectivity index (χ2v) is 7.22. The van der Waals surface area contributed by atoms with Crippen molar-refractivity contribution < 1.29 is 4.74 Å². The van der Waals surface area contributed by atoms with E-state index in [1.54, 1.807) is 0 Å². The van der Waals surface area contributed by atoms with Gasteiger partial charge in [0.2, 0.25) is 0 Å². The van der Waals surface area contributed by atoms with Gasteiger partial charge in [-0.2, -0.15) is 0 Å². The molecule has 0 amide bonds. The van der Waals surface area contributed by atoms with Gasteiger partial charge in [-0.25, -0.2) is 4.98 Å². The number of hydrogen-bond acceptors (Lipinski definition) is 4. The number of hydrogen-bond donors (Lipinski definition) is 0. The molecule has 122 valence electrons. The van der Waals surface area contributed by atoms with E-state index in [2.05, 4.69) is 26.4 Å². The van der Waals surface area contributed by atoms with Crippen LogP contribution in [0.15, 0.2) is 12.4 Å². The third kappa shape index (κ3) is 3.21. The van der Waals surface area contributed by atoms with E-state index in [1.807, 2.05) is 12.4 Å². The summed E-state index contributed by atoms with van der Waals surface area (Å²) in [7, 11) is 2.08. The third-order valence-corrected chi connectivity index (χ3v) is 5.56. The first kappa shape index (κ1) is 14.7. The van der Waals surface area contributed by atoms with Crippen LogP contribution >= 0.6 is 0 Å². The van der Waals surface area contributed by atoms with Crippen LogP contribution in [-0.2, 0) is 18.3 Å². The van der Waals surface area contributed by atoms with Gasteiger partial charge in [0.25, 0.3) is 0 Å². The maximum absolute atomic E-state index is 6.11. The van der Waals surface area contributed by atoms with Crippen molar-refractivity contribution in [1.29, 1.82) is 0 Å². The summed E-state index contributed by atoms with van der Waals surface area (Å²) in [6.07, 6.45) is 9.66. The van der Waals surface area contributed by atoms with E-state index in [0.29, 0.717) is 12.1 Å². The summed E-state index contributed by atoms with van der Waals surface area (Å²) in [6.45, 7) is 6.63. The lowest BCUT2D eigenvalue weighted by Crippen LogP contribution is -2.51. The predicted molar refractivity (Wildman–Crippen MR) is 85.5 cm³/mol. The molecule has 0 radical (unpaired) electrons. The van der Waals surface area contributed by atoms with Gasteiger partial charge in [-0.1, -0.05) is 0 Å². The van der Waals surface area contributed by atoms with Gasteiger partial charge in [0.1, 0.15) is 5.82 Å². The van der Waals surface area contributed by atoms with Gasteiger partial charge < -0.3 is 9.30 Å². The highest BCUT2D eigenvalue weighted by Gasteiger charge is 2.37. The highest BCUT2D eigenvalue weighted by molar-refractivity contribution is 4.94. The van der Waals surface area contributed by atoms with Gasteiger partial charge in [-0.3, -0.25) is 9.80 Å². The molecule has 5 heteroatoms. The molecule has 0 unspecified atom stereocenters. The van der Waals surface area contributed by atoms with Crippen molar-refractivity contribution in [3.8, 4) is 0 Å². The van der Waals surface area contributed by atoms with Crippen LogP contribution in [0, 0.1) is 5.92 Å². The van der Waals surface area contributed by atoms with Crippen LogP contribution in [0.1, 0.15) is 31.5 Å². The molecule has 3 fully saturated rings. The van der Waals surface area contributed by atoms with Crippen LogP contribution in [0.5, 0.6) is 0 Å². The highest BCUT2D eigenvalue weighted by atomic mass is 16.5. The molecule has 0 aromatic carbocycles. The number of nitrogens with zero attached hydrogens (tertiary/aromatic N) is 4. The zero-order valence-corrected chi connectivity index (χ0v) is 13.7. The van der Waals surface area contributed by atoms with Gasteiger partial charge in [-0.05, 0) is 31.6 Å². The molecular formula is C17H28N4O. The fourth-order valence-corrected chi connectivity index (χ4v) is 3.98. The molecule has 2 aliphatic heterocycles. The first-order valence-corrected chi connectivity index (χ1v) is 8.84. The Hall–Kier alpha value is -0.910. The lowest BCUT2D eigenvalue weighted by Gasteiger charge is -2.40. The summed E-state index contributed by atoms with van der Waals surface area (Å²) in [5.41, 5.74) is 0. The van der Waals surface area contributed by atoms with E-state index in [1.165, 1.54) is 38.2 Å². The predicted octanol–water partition coefficient (Wildman–Crippen LogP) is 1.50. The average molecular weight is 304 g/mol. The first-order chi connectivity index (χ1) is 10.8. The maximum atomic E-state index is 6.11.